The molecule has 1 aliphatic carbocycles. The SMILES string of the molecule is COc1ccc(N2C(=O)C3ON(c4ccc(Cl)cc4)C(C4(c5ccccc5)CC4(Cl)Cl)C3C2=O)cc1. The summed E-state index contributed by atoms with van der Waals surface area (Å²) in [5.74, 6) is -0.996. The molecule has 184 valence electrons. The second kappa shape index (κ2) is 8.38. The molecular formula is C27H21Cl3N2O4. The van der Waals surface area contributed by atoms with Crippen molar-refractivity contribution in [1.29, 1.82) is 0 Å². The van der Waals surface area contributed by atoms with Gasteiger partial charge in [0.25, 0.3) is 5.91 Å². The van der Waals surface area contributed by atoms with Gasteiger partial charge in [-0.05, 0) is 60.5 Å². The Morgan fingerprint density at radius 1 is 0.889 bits per heavy atom. The third-order valence-electron chi connectivity index (χ3n) is 7.35. The Morgan fingerprint density at radius 3 is 2.08 bits per heavy atom. The number of carbonyl (C=O) groups is 2. The van der Waals surface area contributed by atoms with Gasteiger partial charge in [-0.3, -0.25) is 14.4 Å². The van der Waals surface area contributed by atoms with Crippen LogP contribution in [0.2, 0.25) is 5.02 Å². The largest absolute Gasteiger partial charge is 0.497 e. The lowest BCUT2D eigenvalue weighted by Crippen LogP contribution is -2.49. The van der Waals surface area contributed by atoms with E-state index in [1.54, 1.807) is 60.7 Å². The number of hydrogen-bond donors (Lipinski definition) is 0. The highest BCUT2D eigenvalue weighted by Crippen LogP contribution is 2.70. The van der Waals surface area contributed by atoms with E-state index in [-0.39, 0.29) is 5.91 Å². The molecule has 9 heteroatoms. The summed E-state index contributed by atoms with van der Waals surface area (Å²) >= 11 is 19.8. The maximum atomic E-state index is 14.0. The van der Waals surface area contributed by atoms with E-state index in [4.69, 9.17) is 44.4 Å². The molecule has 3 aliphatic rings. The molecule has 4 atom stereocenters. The molecule has 3 aromatic rings. The minimum Gasteiger partial charge on any atom is -0.497 e. The Kier molecular flexibility index (Phi) is 5.50. The van der Waals surface area contributed by atoms with Gasteiger partial charge in [0.15, 0.2) is 6.10 Å². The number of rotatable bonds is 5. The smallest absolute Gasteiger partial charge is 0.266 e. The van der Waals surface area contributed by atoms with E-state index in [1.807, 2.05) is 30.3 Å². The number of alkyl halides is 2. The highest BCUT2D eigenvalue weighted by Gasteiger charge is 2.78. The van der Waals surface area contributed by atoms with Crippen LogP contribution < -0.4 is 14.7 Å². The van der Waals surface area contributed by atoms with E-state index in [9.17, 15) is 9.59 Å². The van der Waals surface area contributed by atoms with Crippen LogP contribution in [0, 0.1) is 5.92 Å². The van der Waals surface area contributed by atoms with E-state index in [1.165, 1.54) is 4.90 Å². The summed E-state index contributed by atoms with van der Waals surface area (Å²) in [6.45, 7) is 0. The zero-order valence-corrected chi connectivity index (χ0v) is 21.4. The van der Waals surface area contributed by atoms with Gasteiger partial charge >= 0.3 is 0 Å². The van der Waals surface area contributed by atoms with Gasteiger partial charge in [-0.1, -0.05) is 41.9 Å². The van der Waals surface area contributed by atoms with Gasteiger partial charge in [0.1, 0.15) is 16.0 Å². The first-order chi connectivity index (χ1) is 17.3. The molecule has 36 heavy (non-hydrogen) atoms. The van der Waals surface area contributed by atoms with Gasteiger partial charge in [-0.15, -0.1) is 23.2 Å². The lowest BCUT2D eigenvalue weighted by atomic mass is 9.79. The molecule has 6 rings (SSSR count). The third kappa shape index (κ3) is 3.36. The minimum atomic E-state index is -1.15. The molecule has 0 N–H and O–H groups in total. The summed E-state index contributed by atoms with van der Waals surface area (Å²) < 4.78 is 4.06. The van der Waals surface area contributed by atoms with Gasteiger partial charge in [0.05, 0.1) is 29.9 Å². The molecule has 4 unspecified atom stereocenters. The van der Waals surface area contributed by atoms with Crippen LogP contribution in [0.15, 0.2) is 78.9 Å². The van der Waals surface area contributed by atoms with Crippen molar-refractivity contribution < 1.29 is 19.2 Å². The Balaban J connectivity index is 1.47. The predicted molar refractivity (Wildman–Crippen MR) is 139 cm³/mol. The topological polar surface area (TPSA) is 59.1 Å². The van der Waals surface area contributed by atoms with Crippen molar-refractivity contribution in [3.05, 3.63) is 89.4 Å². The summed E-state index contributed by atoms with van der Waals surface area (Å²) in [7, 11) is 1.55. The number of imide groups is 1. The average Bonchev–Trinajstić information content (AvgIpc) is 3.16. The number of carbonyl (C=O) groups excluding carboxylic acids is 2. The molecule has 2 amide bonds. The monoisotopic (exact) mass is 542 g/mol. The summed E-state index contributed by atoms with van der Waals surface area (Å²) in [6, 6.07) is 22.8. The molecule has 2 aliphatic heterocycles. The van der Waals surface area contributed by atoms with Crippen LogP contribution in [0.3, 0.4) is 0 Å². The summed E-state index contributed by atoms with van der Waals surface area (Å²) in [5.41, 5.74) is 1.14. The van der Waals surface area contributed by atoms with Gasteiger partial charge in [-0.2, -0.15) is 0 Å². The standard InChI is InChI=1S/C27H21Cl3N2O4/c1-35-20-13-11-18(12-14-20)31-24(33)21-22(25(31)34)36-32(19-9-7-17(28)8-10-19)23(21)26(15-27(26,29)30)16-5-3-2-4-6-16/h2-14,21-23H,15H2,1H3. The number of halogens is 3. The van der Waals surface area contributed by atoms with Crippen LogP contribution in [0.1, 0.15) is 12.0 Å². The molecule has 0 bridgehead atoms. The molecule has 0 spiro atoms. The number of hydroxylamine groups is 1. The predicted octanol–water partition coefficient (Wildman–Crippen LogP) is 5.54. The molecule has 3 fully saturated rings. The highest BCUT2D eigenvalue weighted by atomic mass is 35.5. The van der Waals surface area contributed by atoms with Crippen LogP contribution in [0.5, 0.6) is 5.75 Å². The van der Waals surface area contributed by atoms with Crippen molar-refractivity contribution in [2.75, 3.05) is 17.1 Å². The Hall–Kier alpha value is -2.77. The highest BCUT2D eigenvalue weighted by molar-refractivity contribution is 6.52. The van der Waals surface area contributed by atoms with Crippen molar-refractivity contribution in [3.8, 4) is 5.75 Å². The van der Waals surface area contributed by atoms with E-state index >= 15 is 0 Å². The molecule has 1 saturated carbocycles. The van der Waals surface area contributed by atoms with Gasteiger partial charge in [0.2, 0.25) is 5.91 Å². The van der Waals surface area contributed by atoms with Crippen LogP contribution in [-0.4, -0.2) is 35.4 Å². The molecular weight excluding hydrogens is 523 g/mol. The third-order valence-corrected chi connectivity index (χ3v) is 8.54. The number of amides is 2. The Morgan fingerprint density at radius 2 is 1.50 bits per heavy atom. The van der Waals surface area contributed by atoms with E-state index < -0.39 is 33.7 Å². The second-order valence-electron chi connectivity index (χ2n) is 9.23. The fraction of sp³-hybridized carbons (Fsp3) is 0.259. The summed E-state index contributed by atoms with van der Waals surface area (Å²) in [5, 5.41) is 2.19. The van der Waals surface area contributed by atoms with Gasteiger partial charge in [0, 0.05) is 5.02 Å². The van der Waals surface area contributed by atoms with E-state index in [2.05, 4.69) is 0 Å². The zero-order chi connectivity index (χ0) is 25.2. The zero-order valence-electron chi connectivity index (χ0n) is 19.1. The molecule has 6 nitrogen and oxygen atoms in total. The molecule has 2 heterocycles. The van der Waals surface area contributed by atoms with Crippen LogP contribution in [0.4, 0.5) is 11.4 Å². The van der Waals surface area contributed by atoms with Crippen LogP contribution in [0.25, 0.3) is 0 Å². The number of hydrogen-bond acceptors (Lipinski definition) is 5. The maximum Gasteiger partial charge on any atom is 0.266 e. The summed E-state index contributed by atoms with van der Waals surface area (Å²) in [4.78, 5) is 35.0. The van der Waals surface area contributed by atoms with Gasteiger partial charge in [-0.25, -0.2) is 9.96 Å². The fourth-order valence-corrected chi connectivity index (χ4v) is 6.55. The number of methoxy groups -OCH3 is 1. The van der Waals surface area contributed by atoms with Crippen molar-refractivity contribution >= 4 is 58.0 Å². The average molecular weight is 544 g/mol. The van der Waals surface area contributed by atoms with Crippen molar-refractivity contribution in [3.63, 3.8) is 0 Å². The molecule has 0 radical (unpaired) electrons. The second-order valence-corrected chi connectivity index (χ2v) is 11.1. The van der Waals surface area contributed by atoms with E-state index in [0.29, 0.717) is 28.6 Å². The van der Waals surface area contributed by atoms with Crippen LogP contribution in [-0.2, 0) is 19.8 Å². The first-order valence-corrected chi connectivity index (χ1v) is 12.6. The molecule has 2 saturated heterocycles. The summed E-state index contributed by atoms with van der Waals surface area (Å²) in [6.07, 6.45) is -0.621. The number of nitrogens with zero attached hydrogens (tertiary/aromatic N) is 2. The Bertz CT molecular complexity index is 1330. The van der Waals surface area contributed by atoms with Crippen LogP contribution >= 0.6 is 34.8 Å². The van der Waals surface area contributed by atoms with Crippen molar-refractivity contribution in [2.45, 2.75) is 28.3 Å². The molecule has 0 aromatic heterocycles. The number of fused-ring (bicyclic) bond motifs is 1. The lowest BCUT2D eigenvalue weighted by Gasteiger charge is -2.35. The maximum absolute atomic E-state index is 14.0. The van der Waals surface area contributed by atoms with Gasteiger partial charge < -0.3 is 4.74 Å². The first-order valence-electron chi connectivity index (χ1n) is 11.5. The quantitative estimate of drug-likeness (QED) is 0.312. The van der Waals surface area contributed by atoms with Crippen molar-refractivity contribution in [2.24, 2.45) is 5.92 Å². The van der Waals surface area contributed by atoms with Crippen molar-refractivity contribution in [1.82, 2.24) is 0 Å². The number of ether oxygens (including phenoxy) is 1. The van der Waals surface area contributed by atoms with E-state index in [0.717, 1.165) is 5.56 Å². The minimum absolute atomic E-state index is 0.358. The molecule has 3 aromatic carbocycles. The number of benzene rings is 3. The Labute approximate surface area is 223 Å². The lowest BCUT2D eigenvalue weighted by molar-refractivity contribution is -0.126. The first kappa shape index (κ1) is 23.6. The number of anilines is 2. The fourth-order valence-electron chi connectivity index (χ4n) is 5.56. The normalized spacial score (nSPS) is 28.4.